The molecule has 0 saturated carbocycles. The van der Waals surface area contributed by atoms with Gasteiger partial charge in [0.05, 0.1) is 13.2 Å². The van der Waals surface area contributed by atoms with E-state index in [1.54, 1.807) is 11.3 Å². The van der Waals surface area contributed by atoms with Gasteiger partial charge in [0, 0.05) is 30.5 Å². The molecule has 24 heavy (non-hydrogen) atoms. The predicted molar refractivity (Wildman–Crippen MR) is 94.8 cm³/mol. The predicted octanol–water partition coefficient (Wildman–Crippen LogP) is 3.37. The molecule has 4 rings (SSSR count). The molecule has 0 unspecified atom stereocenters. The lowest BCUT2D eigenvalue weighted by Gasteiger charge is -2.33. The van der Waals surface area contributed by atoms with Crippen LogP contribution in [0.1, 0.15) is 23.4 Å². The second-order valence-electron chi connectivity index (χ2n) is 6.22. The summed E-state index contributed by atoms with van der Waals surface area (Å²) in [5, 5.41) is 11.5. The first kappa shape index (κ1) is 16.3. The van der Waals surface area contributed by atoms with Crippen molar-refractivity contribution in [3.05, 3.63) is 39.9 Å². The van der Waals surface area contributed by atoms with Crippen molar-refractivity contribution in [3.8, 4) is 0 Å². The van der Waals surface area contributed by atoms with Crippen molar-refractivity contribution in [2.45, 2.75) is 25.6 Å². The van der Waals surface area contributed by atoms with Crippen molar-refractivity contribution in [3.63, 3.8) is 0 Å². The number of nitrogens with zero attached hydrogens (tertiary/aromatic N) is 3. The zero-order valence-electron chi connectivity index (χ0n) is 13.4. The maximum absolute atomic E-state index is 5.93. The van der Waals surface area contributed by atoms with E-state index in [4.69, 9.17) is 21.1 Å². The van der Waals surface area contributed by atoms with E-state index in [1.165, 1.54) is 5.56 Å². The molecular weight excluding hydrogens is 346 g/mol. The van der Waals surface area contributed by atoms with Crippen molar-refractivity contribution in [2.24, 2.45) is 5.92 Å². The Balaban J connectivity index is 1.34. The van der Waals surface area contributed by atoms with E-state index in [0.717, 1.165) is 60.7 Å². The van der Waals surface area contributed by atoms with Gasteiger partial charge in [0.2, 0.25) is 5.13 Å². The standard InChI is InChI=1S/C17H20ClN3O2S/c18-14-3-1-12(2-4-14)11-15-19-20-17(24-15)21-7-5-13(6-8-21)16-22-9-10-23-16/h1-4,13,16H,5-11H2. The van der Waals surface area contributed by atoms with E-state index in [2.05, 4.69) is 15.1 Å². The van der Waals surface area contributed by atoms with Crippen LogP contribution < -0.4 is 4.90 Å². The van der Waals surface area contributed by atoms with E-state index in [1.807, 2.05) is 24.3 Å². The number of hydrogen-bond acceptors (Lipinski definition) is 6. The highest BCUT2D eigenvalue weighted by Gasteiger charge is 2.31. The maximum atomic E-state index is 5.93. The topological polar surface area (TPSA) is 47.5 Å². The Kier molecular flexibility index (Phi) is 4.98. The maximum Gasteiger partial charge on any atom is 0.208 e. The third-order valence-electron chi connectivity index (χ3n) is 4.57. The van der Waals surface area contributed by atoms with Gasteiger partial charge in [-0.15, -0.1) is 10.2 Å². The van der Waals surface area contributed by atoms with Gasteiger partial charge < -0.3 is 14.4 Å². The van der Waals surface area contributed by atoms with Crippen LogP contribution in [0.3, 0.4) is 0 Å². The summed E-state index contributed by atoms with van der Waals surface area (Å²) in [5.41, 5.74) is 1.20. The first-order chi connectivity index (χ1) is 11.8. The lowest BCUT2D eigenvalue weighted by Crippen LogP contribution is -2.38. The Labute approximate surface area is 150 Å². The van der Waals surface area contributed by atoms with Crippen molar-refractivity contribution in [1.82, 2.24) is 10.2 Å². The molecule has 1 aromatic carbocycles. The van der Waals surface area contributed by atoms with Gasteiger partial charge >= 0.3 is 0 Å². The number of ether oxygens (including phenoxy) is 2. The van der Waals surface area contributed by atoms with Crippen LogP contribution >= 0.6 is 22.9 Å². The van der Waals surface area contributed by atoms with Gasteiger partial charge in [-0.3, -0.25) is 0 Å². The molecule has 0 atom stereocenters. The van der Waals surface area contributed by atoms with Crippen LogP contribution in [0.4, 0.5) is 5.13 Å². The number of rotatable bonds is 4. The van der Waals surface area contributed by atoms with Gasteiger partial charge in [-0.1, -0.05) is 35.1 Å². The van der Waals surface area contributed by atoms with E-state index in [0.29, 0.717) is 5.92 Å². The molecule has 2 aliphatic heterocycles. The average molecular weight is 366 g/mol. The van der Waals surface area contributed by atoms with Gasteiger partial charge in [0.25, 0.3) is 0 Å². The molecule has 0 radical (unpaired) electrons. The molecule has 0 amide bonds. The fourth-order valence-corrected chi connectivity index (χ4v) is 4.28. The molecule has 128 valence electrons. The smallest absolute Gasteiger partial charge is 0.208 e. The van der Waals surface area contributed by atoms with Crippen LogP contribution in [0.2, 0.25) is 5.02 Å². The summed E-state index contributed by atoms with van der Waals surface area (Å²) in [5.74, 6) is 0.505. The molecule has 2 saturated heterocycles. The van der Waals surface area contributed by atoms with E-state index in [9.17, 15) is 0 Å². The van der Waals surface area contributed by atoms with E-state index < -0.39 is 0 Å². The largest absolute Gasteiger partial charge is 0.350 e. The summed E-state index contributed by atoms with van der Waals surface area (Å²) in [4.78, 5) is 2.33. The van der Waals surface area contributed by atoms with Crippen molar-refractivity contribution in [2.75, 3.05) is 31.2 Å². The quantitative estimate of drug-likeness (QED) is 0.831. The Hall–Kier alpha value is -1.21. The van der Waals surface area contributed by atoms with E-state index in [-0.39, 0.29) is 6.29 Å². The first-order valence-electron chi connectivity index (χ1n) is 8.33. The lowest BCUT2D eigenvalue weighted by molar-refractivity contribution is -0.0889. The van der Waals surface area contributed by atoms with Crippen LogP contribution in [0.15, 0.2) is 24.3 Å². The van der Waals surface area contributed by atoms with Crippen LogP contribution in [0.25, 0.3) is 0 Å². The Morgan fingerprint density at radius 2 is 1.79 bits per heavy atom. The molecule has 3 heterocycles. The van der Waals surface area contributed by atoms with Gasteiger partial charge in [0.15, 0.2) is 6.29 Å². The lowest BCUT2D eigenvalue weighted by atomic mass is 9.96. The summed E-state index contributed by atoms with van der Waals surface area (Å²) >= 11 is 7.61. The molecule has 2 aromatic rings. The zero-order chi connectivity index (χ0) is 16.4. The number of piperidine rings is 1. The first-order valence-corrected chi connectivity index (χ1v) is 9.52. The van der Waals surface area contributed by atoms with Gasteiger partial charge in [0.1, 0.15) is 5.01 Å². The molecule has 1 aromatic heterocycles. The number of hydrogen-bond donors (Lipinski definition) is 0. The highest BCUT2D eigenvalue weighted by Crippen LogP contribution is 2.30. The highest BCUT2D eigenvalue weighted by atomic mass is 35.5. The SMILES string of the molecule is Clc1ccc(Cc2nnc(N3CCC(C4OCCO4)CC3)s2)cc1. The molecule has 2 aliphatic rings. The van der Waals surface area contributed by atoms with Crippen LogP contribution in [0.5, 0.6) is 0 Å². The summed E-state index contributed by atoms with van der Waals surface area (Å²) in [6.45, 7) is 3.44. The third kappa shape index (κ3) is 3.72. The minimum absolute atomic E-state index is 0.00188. The molecule has 0 spiro atoms. The molecule has 2 fully saturated rings. The molecule has 7 heteroatoms. The Morgan fingerprint density at radius 1 is 1.08 bits per heavy atom. The second-order valence-corrected chi connectivity index (χ2v) is 7.69. The number of aromatic nitrogens is 2. The Bertz CT molecular complexity index is 665. The summed E-state index contributed by atoms with van der Waals surface area (Å²) in [6.07, 6.45) is 2.96. The summed E-state index contributed by atoms with van der Waals surface area (Å²) in [6, 6.07) is 7.90. The summed E-state index contributed by atoms with van der Waals surface area (Å²) < 4.78 is 11.3. The Morgan fingerprint density at radius 3 is 2.50 bits per heavy atom. The summed E-state index contributed by atoms with van der Waals surface area (Å²) in [7, 11) is 0. The van der Waals surface area contributed by atoms with E-state index >= 15 is 0 Å². The van der Waals surface area contributed by atoms with Crippen molar-refractivity contribution >= 4 is 28.1 Å². The molecule has 0 aliphatic carbocycles. The average Bonchev–Trinajstić information content (AvgIpc) is 3.29. The number of benzene rings is 1. The number of anilines is 1. The van der Waals surface area contributed by atoms with Gasteiger partial charge in [-0.05, 0) is 30.5 Å². The normalized spacial score (nSPS) is 20.0. The minimum atomic E-state index is 0.00188. The molecule has 0 bridgehead atoms. The van der Waals surface area contributed by atoms with Crippen LogP contribution in [-0.4, -0.2) is 42.8 Å². The fourth-order valence-electron chi connectivity index (χ4n) is 3.23. The molecular formula is C17H20ClN3O2S. The third-order valence-corrected chi connectivity index (χ3v) is 5.80. The second kappa shape index (κ2) is 7.35. The van der Waals surface area contributed by atoms with Crippen LogP contribution in [-0.2, 0) is 15.9 Å². The zero-order valence-corrected chi connectivity index (χ0v) is 14.9. The highest BCUT2D eigenvalue weighted by molar-refractivity contribution is 7.15. The van der Waals surface area contributed by atoms with Crippen LogP contribution in [0, 0.1) is 5.92 Å². The van der Waals surface area contributed by atoms with Crippen molar-refractivity contribution in [1.29, 1.82) is 0 Å². The van der Waals surface area contributed by atoms with Gasteiger partial charge in [-0.2, -0.15) is 0 Å². The van der Waals surface area contributed by atoms with Crippen molar-refractivity contribution < 1.29 is 9.47 Å². The number of halogens is 1. The molecule has 0 N–H and O–H groups in total. The van der Waals surface area contributed by atoms with Gasteiger partial charge in [-0.25, -0.2) is 0 Å². The minimum Gasteiger partial charge on any atom is -0.350 e. The monoisotopic (exact) mass is 365 g/mol. The molecule has 5 nitrogen and oxygen atoms in total. The fraction of sp³-hybridized carbons (Fsp3) is 0.529.